The van der Waals surface area contributed by atoms with Crippen LogP contribution in [0.15, 0.2) is 0 Å². The van der Waals surface area contributed by atoms with E-state index in [1.807, 2.05) is 0 Å². The Kier molecular flexibility index (Phi) is 13.1. The lowest BCUT2D eigenvalue weighted by Crippen LogP contribution is -2.56. The highest BCUT2D eigenvalue weighted by atomic mass is 28.4. The molecule has 0 aromatic carbocycles. The maximum atomic E-state index is 6.28. The maximum absolute atomic E-state index is 6.28. The molecule has 0 N–H and O–H groups in total. The van der Waals surface area contributed by atoms with Crippen LogP contribution in [0, 0.1) is 0 Å². The molecule has 1 unspecified atom stereocenters. The fourth-order valence-electron chi connectivity index (χ4n) is 3.99. The van der Waals surface area contributed by atoms with Crippen molar-refractivity contribution in [3.05, 3.63) is 0 Å². The van der Waals surface area contributed by atoms with E-state index in [9.17, 15) is 0 Å². The summed E-state index contributed by atoms with van der Waals surface area (Å²) in [4.78, 5) is 0. The first-order valence-corrected chi connectivity index (χ1v) is 12.9. The van der Waals surface area contributed by atoms with Gasteiger partial charge in [0.25, 0.3) is 0 Å². The summed E-state index contributed by atoms with van der Waals surface area (Å²) in [6, 6.07) is 0.892. The van der Waals surface area contributed by atoms with Crippen molar-refractivity contribution in [1.82, 2.24) is 0 Å². The molecule has 4 nitrogen and oxygen atoms in total. The van der Waals surface area contributed by atoms with E-state index in [1.165, 1.54) is 70.6 Å². The van der Waals surface area contributed by atoms with Gasteiger partial charge in [-0.2, -0.15) is 0 Å². The van der Waals surface area contributed by atoms with Gasteiger partial charge in [0, 0.05) is 40.2 Å². The van der Waals surface area contributed by atoms with E-state index in [0.717, 1.165) is 31.7 Å². The Hall–Kier alpha value is 0.0569. The van der Waals surface area contributed by atoms with Crippen LogP contribution in [0.4, 0.5) is 0 Å². The standard InChI is InChI=1S/C21H44O4Si/c1-5-6-7-8-9-10-11-12-13-14-15-16-18-21(22-2)19-17-20-26(23-3,24-4)25-21/h5-20H2,1-4H3. The van der Waals surface area contributed by atoms with Gasteiger partial charge < -0.3 is 18.0 Å². The van der Waals surface area contributed by atoms with E-state index < -0.39 is 14.6 Å². The molecule has 26 heavy (non-hydrogen) atoms. The highest BCUT2D eigenvalue weighted by Gasteiger charge is 2.51. The van der Waals surface area contributed by atoms with Crippen LogP contribution in [0.25, 0.3) is 0 Å². The minimum absolute atomic E-state index is 0.491. The SMILES string of the molecule is CCCCCCCCCCCCCCC1(OC)CCC[Si](OC)(OC)O1. The van der Waals surface area contributed by atoms with Crippen LogP contribution in [-0.2, 0) is 18.0 Å². The zero-order valence-electron chi connectivity index (χ0n) is 17.9. The van der Waals surface area contributed by atoms with Crippen molar-refractivity contribution >= 4 is 8.80 Å². The van der Waals surface area contributed by atoms with Crippen molar-refractivity contribution in [3.8, 4) is 0 Å². The van der Waals surface area contributed by atoms with Crippen molar-refractivity contribution in [2.45, 2.75) is 115 Å². The molecule has 0 radical (unpaired) electrons. The minimum Gasteiger partial charge on any atom is -0.377 e. The summed E-state index contributed by atoms with van der Waals surface area (Å²) in [7, 11) is 2.64. The normalized spacial score (nSPS) is 22.6. The molecule has 1 saturated heterocycles. The third kappa shape index (κ3) is 8.83. The zero-order valence-corrected chi connectivity index (χ0v) is 18.9. The molecule has 0 saturated carbocycles. The fourth-order valence-corrected chi connectivity index (χ4v) is 6.30. The lowest BCUT2D eigenvalue weighted by atomic mass is 10.0. The summed E-state index contributed by atoms with van der Waals surface area (Å²) in [5.41, 5.74) is 0. The molecule has 0 spiro atoms. The highest BCUT2D eigenvalue weighted by Crippen LogP contribution is 2.38. The molecule has 5 heteroatoms. The van der Waals surface area contributed by atoms with E-state index in [1.54, 1.807) is 21.3 Å². The van der Waals surface area contributed by atoms with Crippen molar-refractivity contribution in [1.29, 1.82) is 0 Å². The minimum atomic E-state index is -2.51. The van der Waals surface area contributed by atoms with Crippen LogP contribution < -0.4 is 0 Å². The van der Waals surface area contributed by atoms with Gasteiger partial charge >= 0.3 is 8.80 Å². The van der Waals surface area contributed by atoms with Crippen molar-refractivity contribution in [2.75, 3.05) is 21.3 Å². The number of methoxy groups -OCH3 is 1. The van der Waals surface area contributed by atoms with Crippen molar-refractivity contribution in [2.24, 2.45) is 0 Å². The second-order valence-corrected chi connectivity index (χ2v) is 10.7. The molecule has 1 fully saturated rings. The van der Waals surface area contributed by atoms with Gasteiger partial charge in [-0.05, 0) is 12.8 Å². The van der Waals surface area contributed by atoms with Crippen LogP contribution in [0.3, 0.4) is 0 Å². The van der Waals surface area contributed by atoms with Crippen LogP contribution in [0.2, 0.25) is 6.04 Å². The molecule has 0 amide bonds. The number of hydrogen-bond acceptors (Lipinski definition) is 4. The van der Waals surface area contributed by atoms with E-state index in [-0.39, 0.29) is 0 Å². The van der Waals surface area contributed by atoms with Crippen LogP contribution in [-0.4, -0.2) is 35.9 Å². The summed E-state index contributed by atoms with van der Waals surface area (Å²) in [6.45, 7) is 2.28. The van der Waals surface area contributed by atoms with Crippen LogP contribution in [0.5, 0.6) is 0 Å². The smallest absolute Gasteiger partial charge is 0.377 e. The molecule has 1 heterocycles. The van der Waals surface area contributed by atoms with Gasteiger partial charge in [-0.3, -0.25) is 0 Å². The number of unbranched alkanes of at least 4 members (excludes halogenated alkanes) is 11. The molecule has 1 aliphatic heterocycles. The number of hydrogen-bond donors (Lipinski definition) is 0. The lowest BCUT2D eigenvalue weighted by Gasteiger charge is -2.43. The van der Waals surface area contributed by atoms with E-state index in [2.05, 4.69) is 6.92 Å². The Balaban J connectivity index is 2.08. The topological polar surface area (TPSA) is 36.9 Å². The van der Waals surface area contributed by atoms with Gasteiger partial charge in [-0.15, -0.1) is 0 Å². The molecule has 156 valence electrons. The van der Waals surface area contributed by atoms with Gasteiger partial charge in [0.15, 0.2) is 5.79 Å². The van der Waals surface area contributed by atoms with Gasteiger partial charge in [0.2, 0.25) is 0 Å². The molecular formula is C21H44O4Si. The molecule has 0 aliphatic carbocycles. The molecule has 1 atom stereocenters. The van der Waals surface area contributed by atoms with Crippen molar-refractivity contribution in [3.63, 3.8) is 0 Å². The predicted molar refractivity (Wildman–Crippen MR) is 110 cm³/mol. The largest absolute Gasteiger partial charge is 0.502 e. The predicted octanol–water partition coefficient (Wildman–Crippen LogP) is 6.46. The lowest BCUT2D eigenvalue weighted by molar-refractivity contribution is -0.211. The quantitative estimate of drug-likeness (QED) is 0.224. The van der Waals surface area contributed by atoms with Gasteiger partial charge in [-0.25, -0.2) is 0 Å². The molecule has 0 bridgehead atoms. The summed E-state index contributed by atoms with van der Waals surface area (Å²) in [5.74, 6) is -0.491. The van der Waals surface area contributed by atoms with E-state index in [0.29, 0.717) is 0 Å². The molecule has 0 aromatic rings. The number of rotatable bonds is 16. The average molecular weight is 389 g/mol. The number of ether oxygens (including phenoxy) is 1. The molecular weight excluding hydrogens is 344 g/mol. The van der Waals surface area contributed by atoms with Gasteiger partial charge in [0.1, 0.15) is 0 Å². The first-order chi connectivity index (χ1) is 12.7. The van der Waals surface area contributed by atoms with E-state index in [4.69, 9.17) is 18.0 Å². The third-order valence-corrected chi connectivity index (χ3v) is 8.68. The summed E-state index contributed by atoms with van der Waals surface area (Å²) in [5, 5.41) is 0. The Morgan fingerprint density at radius 1 is 0.769 bits per heavy atom. The second kappa shape index (κ2) is 14.1. The second-order valence-electron chi connectivity index (χ2n) is 7.80. The Morgan fingerprint density at radius 2 is 1.27 bits per heavy atom. The molecule has 1 aliphatic rings. The average Bonchev–Trinajstić information content (AvgIpc) is 2.69. The fraction of sp³-hybridized carbons (Fsp3) is 1.00. The Bertz CT molecular complexity index is 336. The van der Waals surface area contributed by atoms with Crippen molar-refractivity contribution < 1.29 is 18.0 Å². The van der Waals surface area contributed by atoms with E-state index >= 15 is 0 Å². The first kappa shape index (κ1) is 24.1. The Labute approximate surface area is 163 Å². The van der Waals surface area contributed by atoms with Crippen LogP contribution >= 0.6 is 0 Å². The third-order valence-electron chi connectivity index (χ3n) is 5.79. The molecule has 0 aromatic heterocycles. The first-order valence-electron chi connectivity index (χ1n) is 11.0. The summed E-state index contributed by atoms with van der Waals surface area (Å²) in [6.07, 6.45) is 19.3. The monoisotopic (exact) mass is 388 g/mol. The summed E-state index contributed by atoms with van der Waals surface area (Å²) >= 11 is 0. The van der Waals surface area contributed by atoms with Gasteiger partial charge in [0.05, 0.1) is 0 Å². The van der Waals surface area contributed by atoms with Gasteiger partial charge in [-0.1, -0.05) is 77.6 Å². The molecule has 1 rings (SSSR count). The van der Waals surface area contributed by atoms with Crippen LogP contribution in [0.1, 0.15) is 103 Å². The maximum Gasteiger partial charge on any atom is 0.502 e. The zero-order chi connectivity index (χ0) is 19.1. The Morgan fingerprint density at radius 3 is 1.73 bits per heavy atom. The highest BCUT2D eigenvalue weighted by molar-refractivity contribution is 6.60. The summed E-state index contributed by atoms with van der Waals surface area (Å²) < 4.78 is 23.3.